The van der Waals surface area contributed by atoms with Gasteiger partial charge in [-0.05, 0) is 45.4 Å². The van der Waals surface area contributed by atoms with Crippen LogP contribution in [-0.4, -0.2) is 40.3 Å². The zero-order chi connectivity index (χ0) is 19.6. The number of hydrogen-bond acceptors (Lipinski definition) is 4. The van der Waals surface area contributed by atoms with Gasteiger partial charge in [0.25, 0.3) is 5.91 Å². The molecule has 0 saturated carbocycles. The van der Waals surface area contributed by atoms with Crippen LogP contribution < -0.4 is 10.2 Å². The van der Waals surface area contributed by atoms with Gasteiger partial charge in [0.05, 0.1) is 16.6 Å². The van der Waals surface area contributed by atoms with E-state index in [4.69, 9.17) is 0 Å². The molecule has 0 aliphatic heterocycles. The first-order chi connectivity index (χ1) is 12.9. The Hall–Kier alpha value is -2.89. The third-order valence-electron chi connectivity index (χ3n) is 4.85. The van der Waals surface area contributed by atoms with Gasteiger partial charge in [-0.25, -0.2) is 4.98 Å². The molecule has 0 spiro atoms. The normalized spacial score (nSPS) is 11.0. The van der Waals surface area contributed by atoms with Gasteiger partial charge in [-0.2, -0.15) is 5.10 Å². The van der Waals surface area contributed by atoms with Gasteiger partial charge in [0.1, 0.15) is 0 Å². The molecular formula is C21H27N5O. The lowest BCUT2D eigenvalue weighted by molar-refractivity contribution is 0.0956. The first-order valence-corrected chi connectivity index (χ1v) is 9.32. The standard InChI is InChI=1S/C21H27N5O/c1-6-26(18-10-8-7-9-14(18)2)12-11-22-21(27)17-13-15(3)23-20-19(17)16(4)24-25(20)5/h7-10,13H,6,11-12H2,1-5H3,(H,22,27). The van der Waals surface area contributed by atoms with E-state index in [9.17, 15) is 4.79 Å². The Balaban J connectivity index is 1.75. The third-order valence-corrected chi connectivity index (χ3v) is 4.85. The van der Waals surface area contributed by atoms with Crippen LogP contribution in [0.25, 0.3) is 11.0 Å². The number of nitrogens with one attached hydrogen (secondary N) is 1. The fourth-order valence-corrected chi connectivity index (χ4v) is 3.52. The summed E-state index contributed by atoms with van der Waals surface area (Å²) in [5.41, 5.74) is 5.46. The van der Waals surface area contributed by atoms with Gasteiger partial charge < -0.3 is 10.2 Å². The van der Waals surface area contributed by atoms with Crippen molar-refractivity contribution in [2.24, 2.45) is 7.05 Å². The summed E-state index contributed by atoms with van der Waals surface area (Å²) in [5.74, 6) is -0.0811. The van der Waals surface area contributed by atoms with E-state index in [1.807, 2.05) is 39.1 Å². The Kier molecular flexibility index (Phi) is 5.44. The lowest BCUT2D eigenvalue weighted by atomic mass is 10.1. The molecule has 0 bridgehead atoms. The first-order valence-electron chi connectivity index (χ1n) is 9.32. The molecule has 6 nitrogen and oxygen atoms in total. The molecule has 2 heterocycles. The summed E-state index contributed by atoms with van der Waals surface area (Å²) in [6, 6.07) is 10.2. The van der Waals surface area contributed by atoms with E-state index in [0.717, 1.165) is 35.5 Å². The van der Waals surface area contributed by atoms with E-state index in [1.165, 1.54) is 11.3 Å². The molecule has 0 unspecified atom stereocenters. The minimum atomic E-state index is -0.0811. The first kappa shape index (κ1) is 18.9. The quantitative estimate of drug-likeness (QED) is 0.729. The number of aromatic nitrogens is 3. The van der Waals surface area contributed by atoms with Crippen LogP contribution >= 0.6 is 0 Å². The van der Waals surface area contributed by atoms with Gasteiger partial charge in [0.2, 0.25) is 0 Å². The number of carbonyl (C=O) groups excluding carboxylic acids is 1. The molecule has 142 valence electrons. The van der Waals surface area contributed by atoms with Crippen LogP contribution in [0.4, 0.5) is 5.69 Å². The molecule has 1 aromatic carbocycles. The van der Waals surface area contributed by atoms with Crippen molar-refractivity contribution in [1.82, 2.24) is 20.1 Å². The van der Waals surface area contributed by atoms with Gasteiger partial charge >= 0.3 is 0 Å². The summed E-state index contributed by atoms with van der Waals surface area (Å²) >= 11 is 0. The smallest absolute Gasteiger partial charge is 0.252 e. The Morgan fingerprint density at radius 1 is 1.22 bits per heavy atom. The molecule has 27 heavy (non-hydrogen) atoms. The Labute approximate surface area is 160 Å². The molecular weight excluding hydrogens is 338 g/mol. The number of carbonyl (C=O) groups is 1. The predicted molar refractivity (Wildman–Crippen MR) is 109 cm³/mol. The molecule has 0 saturated heterocycles. The van der Waals surface area contributed by atoms with Gasteiger partial charge in [0.15, 0.2) is 5.65 Å². The highest BCUT2D eigenvalue weighted by Gasteiger charge is 2.17. The molecule has 0 atom stereocenters. The molecule has 1 amide bonds. The van der Waals surface area contributed by atoms with Crippen LogP contribution in [0.15, 0.2) is 30.3 Å². The lowest BCUT2D eigenvalue weighted by Gasteiger charge is -2.25. The highest BCUT2D eigenvalue weighted by atomic mass is 16.1. The van der Waals surface area contributed by atoms with Crippen LogP contribution in [0.3, 0.4) is 0 Å². The summed E-state index contributed by atoms with van der Waals surface area (Å²) in [5, 5.41) is 8.30. The minimum absolute atomic E-state index is 0.0811. The van der Waals surface area contributed by atoms with E-state index in [1.54, 1.807) is 4.68 Å². The highest BCUT2D eigenvalue weighted by Crippen LogP contribution is 2.22. The Morgan fingerprint density at radius 3 is 2.67 bits per heavy atom. The van der Waals surface area contributed by atoms with E-state index < -0.39 is 0 Å². The number of pyridine rings is 1. The summed E-state index contributed by atoms with van der Waals surface area (Å²) in [7, 11) is 1.85. The molecule has 6 heteroatoms. The summed E-state index contributed by atoms with van der Waals surface area (Å²) in [6.07, 6.45) is 0. The second kappa shape index (κ2) is 7.78. The lowest BCUT2D eigenvalue weighted by Crippen LogP contribution is -2.35. The number of amides is 1. The number of hydrogen-bond donors (Lipinski definition) is 1. The summed E-state index contributed by atoms with van der Waals surface area (Å²) < 4.78 is 1.73. The van der Waals surface area contributed by atoms with Crippen molar-refractivity contribution in [2.75, 3.05) is 24.5 Å². The monoisotopic (exact) mass is 365 g/mol. The number of rotatable bonds is 6. The fraction of sp³-hybridized carbons (Fsp3) is 0.381. The topological polar surface area (TPSA) is 63.1 Å². The molecule has 0 aliphatic carbocycles. The van der Waals surface area contributed by atoms with Crippen molar-refractivity contribution in [2.45, 2.75) is 27.7 Å². The maximum Gasteiger partial charge on any atom is 0.252 e. The van der Waals surface area contributed by atoms with Crippen LogP contribution in [0.2, 0.25) is 0 Å². The number of likely N-dealkylation sites (N-methyl/N-ethyl adjacent to an activating group) is 1. The van der Waals surface area contributed by atoms with Crippen molar-refractivity contribution in [3.8, 4) is 0 Å². The van der Waals surface area contributed by atoms with E-state index in [2.05, 4.69) is 46.3 Å². The van der Waals surface area contributed by atoms with E-state index in [0.29, 0.717) is 12.1 Å². The second-order valence-electron chi connectivity index (χ2n) is 6.84. The Morgan fingerprint density at radius 2 is 1.96 bits per heavy atom. The molecule has 0 fully saturated rings. The zero-order valence-electron chi connectivity index (χ0n) is 16.7. The number of fused-ring (bicyclic) bond motifs is 1. The van der Waals surface area contributed by atoms with Crippen molar-refractivity contribution in [1.29, 1.82) is 0 Å². The Bertz CT molecular complexity index is 976. The van der Waals surface area contributed by atoms with Crippen LogP contribution in [0.5, 0.6) is 0 Å². The van der Waals surface area contributed by atoms with Gasteiger partial charge in [-0.15, -0.1) is 0 Å². The maximum atomic E-state index is 12.9. The zero-order valence-corrected chi connectivity index (χ0v) is 16.7. The second-order valence-corrected chi connectivity index (χ2v) is 6.84. The number of nitrogens with zero attached hydrogens (tertiary/aromatic N) is 4. The molecule has 3 rings (SSSR count). The maximum absolute atomic E-state index is 12.9. The number of aryl methyl sites for hydroxylation is 4. The van der Waals surface area contributed by atoms with Crippen molar-refractivity contribution < 1.29 is 4.79 Å². The molecule has 3 aromatic rings. The predicted octanol–water partition coefficient (Wildman–Crippen LogP) is 3.15. The minimum Gasteiger partial charge on any atom is -0.370 e. The average Bonchev–Trinajstić information content (AvgIpc) is 2.92. The van der Waals surface area contributed by atoms with E-state index in [-0.39, 0.29) is 5.91 Å². The van der Waals surface area contributed by atoms with Gasteiger partial charge in [-0.3, -0.25) is 9.48 Å². The van der Waals surface area contributed by atoms with Gasteiger partial charge in [0, 0.05) is 38.1 Å². The largest absolute Gasteiger partial charge is 0.370 e. The summed E-state index contributed by atoms with van der Waals surface area (Å²) in [4.78, 5) is 19.6. The number of benzene rings is 1. The number of para-hydroxylation sites is 1. The van der Waals surface area contributed by atoms with Crippen molar-refractivity contribution in [3.63, 3.8) is 0 Å². The van der Waals surface area contributed by atoms with Crippen molar-refractivity contribution >= 4 is 22.6 Å². The van der Waals surface area contributed by atoms with Crippen LogP contribution in [-0.2, 0) is 7.05 Å². The highest BCUT2D eigenvalue weighted by molar-refractivity contribution is 6.06. The van der Waals surface area contributed by atoms with Crippen LogP contribution in [0, 0.1) is 20.8 Å². The fourth-order valence-electron chi connectivity index (χ4n) is 3.52. The van der Waals surface area contributed by atoms with E-state index >= 15 is 0 Å². The molecule has 1 N–H and O–H groups in total. The molecule has 0 aliphatic rings. The van der Waals surface area contributed by atoms with Crippen molar-refractivity contribution in [3.05, 3.63) is 52.8 Å². The summed E-state index contributed by atoms with van der Waals surface area (Å²) in [6.45, 7) is 10.3. The average molecular weight is 365 g/mol. The third kappa shape index (κ3) is 3.79. The molecule has 0 radical (unpaired) electrons. The SMILES string of the molecule is CCN(CCNC(=O)c1cc(C)nc2c1c(C)nn2C)c1ccccc1C. The molecule has 2 aromatic heterocycles. The number of anilines is 1. The van der Waals surface area contributed by atoms with Gasteiger partial charge in [-0.1, -0.05) is 18.2 Å². The van der Waals surface area contributed by atoms with Crippen LogP contribution in [0.1, 0.15) is 34.2 Å².